The Labute approximate surface area is 144 Å². The first kappa shape index (κ1) is 15.8. The summed E-state index contributed by atoms with van der Waals surface area (Å²) in [5.74, 6) is 0.0389. The van der Waals surface area contributed by atoms with Gasteiger partial charge >= 0.3 is 0 Å². The van der Waals surface area contributed by atoms with Crippen molar-refractivity contribution in [1.82, 2.24) is 0 Å². The highest BCUT2D eigenvalue weighted by Gasteiger charge is 2.33. The van der Waals surface area contributed by atoms with Gasteiger partial charge in [0, 0.05) is 0 Å². The highest BCUT2D eigenvalue weighted by atomic mass is 32.2. The van der Waals surface area contributed by atoms with Crippen LogP contribution in [0.1, 0.15) is 18.1 Å². The van der Waals surface area contributed by atoms with E-state index >= 15 is 0 Å². The van der Waals surface area contributed by atoms with Gasteiger partial charge in [0.2, 0.25) is 0 Å². The first-order chi connectivity index (χ1) is 11.1. The molecule has 1 saturated heterocycles. The van der Waals surface area contributed by atoms with Gasteiger partial charge in [0.1, 0.15) is 5.75 Å². The Balaban J connectivity index is 1.90. The summed E-state index contributed by atoms with van der Waals surface area (Å²) in [5.41, 5.74) is 2.77. The van der Waals surface area contributed by atoms with Crippen LogP contribution in [0.5, 0.6) is 5.75 Å². The van der Waals surface area contributed by atoms with E-state index in [9.17, 15) is 9.90 Å². The molecule has 23 heavy (non-hydrogen) atoms. The second kappa shape index (κ2) is 6.56. The number of amides is 1. The molecule has 1 fully saturated rings. The largest absolute Gasteiger partial charge is 0.508 e. The highest BCUT2D eigenvalue weighted by Crippen LogP contribution is 2.36. The zero-order valence-corrected chi connectivity index (χ0v) is 14.2. The van der Waals surface area contributed by atoms with Crippen LogP contribution in [0.15, 0.2) is 53.4 Å². The molecule has 1 heterocycles. The second-order valence-corrected chi connectivity index (χ2v) is 6.81. The van der Waals surface area contributed by atoms with Crippen molar-refractivity contribution < 1.29 is 9.90 Å². The molecule has 2 aromatic rings. The van der Waals surface area contributed by atoms with Crippen LogP contribution >= 0.6 is 24.0 Å². The molecule has 116 valence electrons. The standard InChI is InChI=1S/C18H15NO2S2/c1-2-12-6-8-14(9-7-12)19-17(21)16(23-18(19)22)11-13-4-3-5-15(20)10-13/h3-11,20H,2H2,1H3. The van der Waals surface area contributed by atoms with Gasteiger partial charge in [-0.05, 0) is 47.9 Å². The van der Waals surface area contributed by atoms with E-state index in [4.69, 9.17) is 12.2 Å². The van der Waals surface area contributed by atoms with E-state index in [1.807, 2.05) is 30.3 Å². The maximum absolute atomic E-state index is 12.6. The van der Waals surface area contributed by atoms with E-state index in [-0.39, 0.29) is 11.7 Å². The number of anilines is 1. The Hall–Kier alpha value is -2.11. The maximum Gasteiger partial charge on any atom is 0.270 e. The number of benzene rings is 2. The number of hydrogen-bond acceptors (Lipinski definition) is 4. The molecule has 0 aliphatic carbocycles. The summed E-state index contributed by atoms with van der Waals surface area (Å²) in [5, 5.41) is 9.53. The smallest absolute Gasteiger partial charge is 0.270 e. The van der Waals surface area contributed by atoms with Gasteiger partial charge in [-0.15, -0.1) is 0 Å². The summed E-state index contributed by atoms with van der Waals surface area (Å²) in [6, 6.07) is 14.6. The van der Waals surface area contributed by atoms with Crippen molar-refractivity contribution in [2.75, 3.05) is 4.90 Å². The van der Waals surface area contributed by atoms with Crippen molar-refractivity contribution >= 4 is 46.0 Å². The number of nitrogens with zero attached hydrogens (tertiary/aromatic N) is 1. The van der Waals surface area contributed by atoms with E-state index < -0.39 is 0 Å². The quantitative estimate of drug-likeness (QED) is 0.665. The lowest BCUT2D eigenvalue weighted by Gasteiger charge is -2.14. The predicted octanol–water partition coefficient (Wildman–Crippen LogP) is 4.36. The van der Waals surface area contributed by atoms with Crippen molar-refractivity contribution in [2.45, 2.75) is 13.3 Å². The van der Waals surface area contributed by atoms with Crippen LogP contribution in [0, 0.1) is 0 Å². The molecule has 1 N–H and O–H groups in total. The van der Waals surface area contributed by atoms with Crippen LogP contribution in [0.2, 0.25) is 0 Å². The van der Waals surface area contributed by atoms with Gasteiger partial charge in [0.25, 0.3) is 5.91 Å². The molecule has 1 aliphatic heterocycles. The number of carbonyl (C=O) groups is 1. The zero-order valence-electron chi connectivity index (χ0n) is 12.5. The van der Waals surface area contributed by atoms with E-state index in [0.717, 1.165) is 17.7 Å². The lowest BCUT2D eigenvalue weighted by Crippen LogP contribution is -2.27. The van der Waals surface area contributed by atoms with Crippen molar-refractivity contribution in [3.8, 4) is 5.75 Å². The molecule has 0 atom stereocenters. The molecule has 0 saturated carbocycles. The third-order valence-corrected chi connectivity index (χ3v) is 4.87. The molecule has 3 nitrogen and oxygen atoms in total. The summed E-state index contributed by atoms with van der Waals surface area (Å²) in [6.45, 7) is 2.09. The van der Waals surface area contributed by atoms with Crippen LogP contribution in [-0.4, -0.2) is 15.3 Å². The number of thioether (sulfide) groups is 1. The Morgan fingerprint density at radius 1 is 1.22 bits per heavy atom. The van der Waals surface area contributed by atoms with E-state index in [1.54, 1.807) is 29.2 Å². The monoisotopic (exact) mass is 341 g/mol. The molecule has 0 spiro atoms. The predicted molar refractivity (Wildman–Crippen MR) is 99.6 cm³/mol. The fraction of sp³-hybridized carbons (Fsp3) is 0.111. The summed E-state index contributed by atoms with van der Waals surface area (Å²) in [4.78, 5) is 14.8. The van der Waals surface area contributed by atoms with Crippen LogP contribution in [-0.2, 0) is 11.2 Å². The molecule has 1 amide bonds. The topological polar surface area (TPSA) is 40.5 Å². The SMILES string of the molecule is CCc1ccc(N2C(=O)C(=Cc3cccc(O)c3)SC2=S)cc1. The zero-order chi connectivity index (χ0) is 16.4. The molecule has 1 aliphatic rings. The van der Waals surface area contributed by atoms with Crippen LogP contribution in [0.4, 0.5) is 5.69 Å². The number of rotatable bonds is 3. The average Bonchev–Trinajstić information content (AvgIpc) is 2.81. The lowest BCUT2D eigenvalue weighted by atomic mass is 10.1. The van der Waals surface area contributed by atoms with Crippen LogP contribution in [0.25, 0.3) is 6.08 Å². The third kappa shape index (κ3) is 3.30. The van der Waals surface area contributed by atoms with Gasteiger partial charge in [0.05, 0.1) is 10.6 Å². The fourth-order valence-electron chi connectivity index (χ4n) is 2.34. The molecule has 5 heteroatoms. The maximum atomic E-state index is 12.6. The number of thiocarbonyl (C=S) groups is 1. The molecular formula is C18H15NO2S2. The van der Waals surface area contributed by atoms with Gasteiger partial charge < -0.3 is 5.11 Å². The Bertz CT molecular complexity index is 797. The van der Waals surface area contributed by atoms with E-state index in [0.29, 0.717) is 9.23 Å². The number of aromatic hydroxyl groups is 1. The molecular weight excluding hydrogens is 326 g/mol. The molecule has 0 aromatic heterocycles. The van der Waals surface area contributed by atoms with E-state index in [2.05, 4.69) is 6.92 Å². The van der Waals surface area contributed by atoms with Gasteiger partial charge in [-0.25, -0.2) is 0 Å². The minimum atomic E-state index is -0.132. The summed E-state index contributed by atoms with van der Waals surface area (Å²) >= 11 is 6.63. The fourth-order valence-corrected chi connectivity index (χ4v) is 3.64. The minimum absolute atomic E-state index is 0.132. The van der Waals surface area contributed by atoms with E-state index in [1.165, 1.54) is 17.3 Å². The number of phenolic OH excluding ortho intramolecular Hbond substituents is 1. The van der Waals surface area contributed by atoms with Crippen molar-refractivity contribution in [3.05, 3.63) is 64.6 Å². The summed E-state index contributed by atoms with van der Waals surface area (Å²) < 4.78 is 0.519. The first-order valence-electron chi connectivity index (χ1n) is 7.24. The molecule has 2 aromatic carbocycles. The number of hydrogen-bond donors (Lipinski definition) is 1. The molecule has 0 unspecified atom stereocenters. The second-order valence-electron chi connectivity index (χ2n) is 5.13. The lowest BCUT2D eigenvalue weighted by molar-refractivity contribution is -0.113. The molecule has 0 radical (unpaired) electrons. The van der Waals surface area contributed by atoms with Gasteiger partial charge in [-0.1, -0.05) is 55.2 Å². The van der Waals surface area contributed by atoms with Crippen molar-refractivity contribution in [1.29, 1.82) is 0 Å². The highest BCUT2D eigenvalue weighted by molar-refractivity contribution is 8.27. The van der Waals surface area contributed by atoms with Gasteiger partial charge in [-0.3, -0.25) is 9.69 Å². The van der Waals surface area contributed by atoms with Gasteiger partial charge in [-0.2, -0.15) is 0 Å². The summed E-state index contributed by atoms with van der Waals surface area (Å²) in [7, 11) is 0. The van der Waals surface area contributed by atoms with Crippen molar-refractivity contribution in [3.63, 3.8) is 0 Å². The Kier molecular flexibility index (Phi) is 4.50. The summed E-state index contributed by atoms with van der Waals surface area (Å²) in [6.07, 6.45) is 2.70. The van der Waals surface area contributed by atoms with Crippen molar-refractivity contribution in [2.24, 2.45) is 0 Å². The van der Waals surface area contributed by atoms with Gasteiger partial charge in [0.15, 0.2) is 4.32 Å². The number of phenols is 1. The minimum Gasteiger partial charge on any atom is -0.508 e. The average molecular weight is 341 g/mol. The first-order valence-corrected chi connectivity index (χ1v) is 8.47. The van der Waals surface area contributed by atoms with Crippen LogP contribution < -0.4 is 4.90 Å². The van der Waals surface area contributed by atoms with Crippen LogP contribution in [0.3, 0.4) is 0 Å². The Morgan fingerprint density at radius 2 is 1.96 bits per heavy atom. The number of carbonyl (C=O) groups excluding carboxylic acids is 1. The Morgan fingerprint density at radius 3 is 2.61 bits per heavy atom. The molecule has 3 rings (SSSR count). The number of aryl methyl sites for hydroxylation is 1. The normalized spacial score (nSPS) is 16.4. The molecule has 0 bridgehead atoms. The third-order valence-electron chi connectivity index (χ3n) is 3.56.